The van der Waals surface area contributed by atoms with E-state index in [-0.39, 0.29) is 16.9 Å². The summed E-state index contributed by atoms with van der Waals surface area (Å²) in [7, 11) is 0. The minimum Gasteiger partial charge on any atom is -0.323 e. The standard InChI is InChI=1S/C19H14F4N4O/c20-14-4-2-1-3-13(14)18(7-8-18)17(28)26-15-9-12(19(21,22)23)5-6-16(15)27-11-24-10-25-27/h1-6,9-11H,7-8H2,(H,26,28). The molecule has 0 saturated heterocycles. The number of aromatic nitrogens is 3. The highest BCUT2D eigenvalue weighted by molar-refractivity contribution is 6.02. The van der Waals surface area contributed by atoms with Crippen molar-refractivity contribution in [2.45, 2.75) is 24.4 Å². The first-order valence-electron chi connectivity index (χ1n) is 8.44. The molecule has 28 heavy (non-hydrogen) atoms. The number of amides is 1. The van der Waals surface area contributed by atoms with Gasteiger partial charge in [-0.3, -0.25) is 4.79 Å². The van der Waals surface area contributed by atoms with E-state index in [1.165, 1.54) is 41.6 Å². The van der Waals surface area contributed by atoms with Crippen molar-refractivity contribution < 1.29 is 22.4 Å². The minimum atomic E-state index is -4.58. The van der Waals surface area contributed by atoms with Gasteiger partial charge in [-0.15, -0.1) is 0 Å². The second-order valence-electron chi connectivity index (χ2n) is 6.59. The molecule has 1 aromatic heterocycles. The largest absolute Gasteiger partial charge is 0.416 e. The summed E-state index contributed by atoms with van der Waals surface area (Å²) >= 11 is 0. The maximum atomic E-state index is 14.2. The normalized spacial score (nSPS) is 15.3. The Kier molecular flexibility index (Phi) is 4.17. The lowest BCUT2D eigenvalue weighted by Crippen LogP contribution is -2.29. The van der Waals surface area contributed by atoms with E-state index in [0.29, 0.717) is 12.8 Å². The molecule has 144 valence electrons. The quantitative estimate of drug-likeness (QED) is 0.683. The van der Waals surface area contributed by atoms with Crippen LogP contribution in [0.2, 0.25) is 0 Å². The number of rotatable bonds is 4. The summed E-state index contributed by atoms with van der Waals surface area (Å²) in [5, 5.41) is 6.45. The Balaban J connectivity index is 1.72. The molecule has 0 spiro atoms. The highest BCUT2D eigenvalue weighted by Gasteiger charge is 2.52. The number of benzene rings is 2. The zero-order chi connectivity index (χ0) is 19.9. The first-order valence-corrected chi connectivity index (χ1v) is 8.44. The number of alkyl halides is 3. The number of hydrogen-bond donors (Lipinski definition) is 1. The van der Waals surface area contributed by atoms with Gasteiger partial charge in [0.1, 0.15) is 18.5 Å². The summed E-state index contributed by atoms with van der Waals surface area (Å²) in [6, 6.07) is 8.86. The topological polar surface area (TPSA) is 59.8 Å². The highest BCUT2D eigenvalue weighted by atomic mass is 19.4. The van der Waals surface area contributed by atoms with Gasteiger partial charge in [0.05, 0.1) is 22.4 Å². The summed E-state index contributed by atoms with van der Waals surface area (Å²) in [5.74, 6) is -1.08. The monoisotopic (exact) mass is 390 g/mol. The SMILES string of the molecule is O=C(Nc1cc(C(F)(F)F)ccc1-n1cncn1)C1(c2ccccc2F)CC1. The van der Waals surface area contributed by atoms with Gasteiger partial charge in [0.15, 0.2) is 0 Å². The van der Waals surface area contributed by atoms with Gasteiger partial charge < -0.3 is 5.32 Å². The van der Waals surface area contributed by atoms with Crippen LogP contribution in [0.4, 0.5) is 23.2 Å². The fourth-order valence-corrected chi connectivity index (χ4v) is 3.18. The van der Waals surface area contributed by atoms with Crippen molar-refractivity contribution in [3.8, 4) is 5.69 Å². The minimum absolute atomic E-state index is 0.0760. The number of carbonyl (C=O) groups excluding carboxylic acids is 1. The average molecular weight is 390 g/mol. The Morgan fingerprint density at radius 3 is 2.50 bits per heavy atom. The summed E-state index contributed by atoms with van der Waals surface area (Å²) in [5.41, 5.74) is -1.61. The second kappa shape index (κ2) is 6.43. The van der Waals surface area contributed by atoms with Gasteiger partial charge in [-0.05, 0) is 37.1 Å². The third-order valence-electron chi connectivity index (χ3n) is 4.81. The van der Waals surface area contributed by atoms with E-state index >= 15 is 0 Å². The molecule has 1 N–H and O–H groups in total. The van der Waals surface area contributed by atoms with Crippen molar-refractivity contribution in [2.24, 2.45) is 0 Å². The Morgan fingerprint density at radius 1 is 1.14 bits per heavy atom. The van der Waals surface area contributed by atoms with Crippen LogP contribution in [-0.4, -0.2) is 20.7 Å². The van der Waals surface area contributed by atoms with E-state index in [1.807, 2.05) is 0 Å². The van der Waals surface area contributed by atoms with Gasteiger partial charge in [-0.1, -0.05) is 18.2 Å². The van der Waals surface area contributed by atoms with Crippen LogP contribution in [0.1, 0.15) is 24.0 Å². The molecule has 3 aromatic rings. The van der Waals surface area contributed by atoms with Crippen molar-refractivity contribution in [3.05, 3.63) is 72.1 Å². The third kappa shape index (κ3) is 3.12. The molecule has 1 aliphatic rings. The molecule has 0 aliphatic heterocycles. The zero-order valence-electron chi connectivity index (χ0n) is 14.4. The van der Waals surface area contributed by atoms with Gasteiger partial charge in [0.25, 0.3) is 0 Å². The first-order chi connectivity index (χ1) is 13.3. The fraction of sp³-hybridized carbons (Fsp3) is 0.211. The lowest BCUT2D eigenvalue weighted by molar-refractivity contribution is -0.137. The number of nitrogens with zero attached hydrogens (tertiary/aromatic N) is 3. The molecular formula is C19H14F4N4O. The smallest absolute Gasteiger partial charge is 0.323 e. The molecule has 0 bridgehead atoms. The molecule has 1 aliphatic carbocycles. The fourth-order valence-electron chi connectivity index (χ4n) is 3.18. The van der Waals surface area contributed by atoms with E-state index in [2.05, 4.69) is 15.4 Å². The summed E-state index contributed by atoms with van der Waals surface area (Å²) in [6.07, 6.45) is -1.22. The Labute approximate surface area is 157 Å². The van der Waals surface area contributed by atoms with Gasteiger partial charge in [-0.25, -0.2) is 14.1 Å². The van der Waals surface area contributed by atoms with Crippen LogP contribution < -0.4 is 5.32 Å². The van der Waals surface area contributed by atoms with Gasteiger partial charge in [-0.2, -0.15) is 18.3 Å². The average Bonchev–Trinajstić information content (AvgIpc) is 3.28. The van der Waals surface area contributed by atoms with Crippen molar-refractivity contribution in [1.82, 2.24) is 14.8 Å². The first kappa shape index (κ1) is 18.1. The van der Waals surface area contributed by atoms with Crippen molar-refractivity contribution >= 4 is 11.6 Å². The molecule has 1 fully saturated rings. The van der Waals surface area contributed by atoms with Crippen molar-refractivity contribution in [3.63, 3.8) is 0 Å². The maximum absolute atomic E-state index is 14.2. The van der Waals surface area contributed by atoms with Crippen LogP contribution in [0.25, 0.3) is 5.69 Å². The molecule has 1 amide bonds. The lowest BCUT2D eigenvalue weighted by atomic mass is 9.94. The van der Waals surface area contributed by atoms with E-state index in [4.69, 9.17) is 0 Å². The molecular weight excluding hydrogens is 376 g/mol. The van der Waals surface area contributed by atoms with Crippen LogP contribution in [0.5, 0.6) is 0 Å². The zero-order valence-corrected chi connectivity index (χ0v) is 14.4. The van der Waals surface area contributed by atoms with Crippen molar-refractivity contribution in [2.75, 3.05) is 5.32 Å². The molecule has 0 unspecified atom stereocenters. The molecule has 1 heterocycles. The van der Waals surface area contributed by atoms with Crippen LogP contribution >= 0.6 is 0 Å². The molecule has 0 atom stereocenters. The van der Waals surface area contributed by atoms with Crippen LogP contribution in [0.15, 0.2) is 55.1 Å². The summed E-state index contributed by atoms with van der Waals surface area (Å²) in [4.78, 5) is 16.7. The maximum Gasteiger partial charge on any atom is 0.416 e. The molecule has 9 heteroatoms. The molecule has 4 rings (SSSR count). The highest BCUT2D eigenvalue weighted by Crippen LogP contribution is 2.50. The van der Waals surface area contributed by atoms with Gasteiger partial charge in [0, 0.05) is 5.56 Å². The number of halogens is 4. The van der Waals surface area contributed by atoms with Crippen LogP contribution in [0.3, 0.4) is 0 Å². The third-order valence-corrected chi connectivity index (χ3v) is 4.81. The number of nitrogens with one attached hydrogen (secondary N) is 1. The van der Waals surface area contributed by atoms with E-state index in [0.717, 1.165) is 12.1 Å². The van der Waals surface area contributed by atoms with E-state index in [9.17, 15) is 22.4 Å². The molecule has 1 saturated carbocycles. The number of carbonyl (C=O) groups is 1. The van der Waals surface area contributed by atoms with Crippen LogP contribution in [0, 0.1) is 5.82 Å². The summed E-state index contributed by atoms with van der Waals surface area (Å²) < 4.78 is 54.9. The van der Waals surface area contributed by atoms with Crippen molar-refractivity contribution in [1.29, 1.82) is 0 Å². The van der Waals surface area contributed by atoms with E-state index in [1.54, 1.807) is 6.07 Å². The Bertz CT molecular complexity index is 1030. The number of anilines is 1. The molecule has 5 nitrogen and oxygen atoms in total. The lowest BCUT2D eigenvalue weighted by Gasteiger charge is -2.19. The molecule has 0 radical (unpaired) electrons. The number of hydrogen-bond acceptors (Lipinski definition) is 3. The summed E-state index contributed by atoms with van der Waals surface area (Å²) in [6.45, 7) is 0. The second-order valence-corrected chi connectivity index (χ2v) is 6.59. The van der Waals surface area contributed by atoms with Crippen LogP contribution in [-0.2, 0) is 16.4 Å². The Morgan fingerprint density at radius 2 is 1.89 bits per heavy atom. The molecule has 2 aromatic carbocycles. The van der Waals surface area contributed by atoms with Gasteiger partial charge >= 0.3 is 6.18 Å². The van der Waals surface area contributed by atoms with Gasteiger partial charge in [0.2, 0.25) is 5.91 Å². The predicted octanol–water partition coefficient (Wildman–Crippen LogP) is 4.10. The Hall–Kier alpha value is -3.23. The van der Waals surface area contributed by atoms with E-state index < -0.39 is 28.9 Å². The predicted molar refractivity (Wildman–Crippen MR) is 92.3 cm³/mol.